The lowest BCUT2D eigenvalue weighted by Gasteiger charge is -2.42. The van der Waals surface area contributed by atoms with Gasteiger partial charge in [-0.2, -0.15) is 0 Å². The Morgan fingerprint density at radius 3 is 2.47 bits per heavy atom. The van der Waals surface area contributed by atoms with E-state index in [0.717, 1.165) is 83.5 Å². The number of carbonyl (C=O) groups is 2. The van der Waals surface area contributed by atoms with E-state index in [1.165, 1.54) is 29.4 Å². The number of fused-ring (bicyclic) bond motifs is 3. The fourth-order valence-electron chi connectivity index (χ4n) is 8.47. The number of unbranched alkanes of at least 4 members (excludes halogenated alkanes) is 2. The zero-order valence-corrected chi connectivity index (χ0v) is 25.7. The molecule has 2 N–H and O–H groups in total. The average molecular weight is 583 g/mol. The van der Waals surface area contributed by atoms with Crippen molar-refractivity contribution in [3.05, 3.63) is 89.5 Å². The van der Waals surface area contributed by atoms with Gasteiger partial charge >= 0.3 is 5.97 Å². The minimum atomic E-state index is -0.672. The normalized spacial score (nSPS) is 26.7. The van der Waals surface area contributed by atoms with Crippen LogP contribution < -0.4 is 0 Å². The molecule has 43 heavy (non-hydrogen) atoms. The van der Waals surface area contributed by atoms with E-state index in [4.69, 9.17) is 0 Å². The lowest BCUT2D eigenvalue weighted by atomic mass is 9.60. The van der Waals surface area contributed by atoms with Gasteiger partial charge in [0.2, 0.25) is 0 Å². The molecule has 0 unspecified atom stereocenters. The fraction of sp³-hybridized carbons (Fsp3) is 0.538. The number of hydrogen-bond donors (Lipinski definition) is 2. The molecule has 0 saturated heterocycles. The van der Waals surface area contributed by atoms with Gasteiger partial charge in [-0.3, -0.25) is 4.79 Å². The molecule has 5 atom stereocenters. The maximum absolute atomic E-state index is 12.7. The number of hydrogen-bond acceptors (Lipinski definition) is 3. The van der Waals surface area contributed by atoms with Crippen molar-refractivity contribution < 1.29 is 19.8 Å². The first-order valence-electron chi connectivity index (χ1n) is 16.9. The number of aldehydes is 1. The SMILES string of the molecule is O=C[C@@H](CCCCC[C@H]1C/C=C/C[C@H](C(=O)O)C2(CCCCC2)c2cccc(c2)C[C@@H]1c1ccc(O)cc1)[C@@H]1C=CCC1. The van der Waals surface area contributed by atoms with Crippen LogP contribution in [-0.2, 0) is 21.4 Å². The van der Waals surface area contributed by atoms with E-state index in [-0.39, 0.29) is 17.1 Å². The summed E-state index contributed by atoms with van der Waals surface area (Å²) >= 11 is 0. The maximum atomic E-state index is 12.7. The number of aliphatic carboxylic acids is 1. The predicted octanol–water partition coefficient (Wildman–Crippen LogP) is 9.32. The van der Waals surface area contributed by atoms with Crippen LogP contribution in [0.3, 0.4) is 0 Å². The number of aromatic hydroxyl groups is 1. The summed E-state index contributed by atoms with van der Waals surface area (Å²) in [6, 6.07) is 16.7. The van der Waals surface area contributed by atoms with Crippen LogP contribution in [0, 0.1) is 23.7 Å². The van der Waals surface area contributed by atoms with Crippen molar-refractivity contribution in [2.75, 3.05) is 0 Å². The molecule has 2 aromatic carbocycles. The van der Waals surface area contributed by atoms with Crippen molar-refractivity contribution in [2.45, 2.75) is 108 Å². The van der Waals surface area contributed by atoms with E-state index < -0.39 is 11.9 Å². The fourth-order valence-corrected chi connectivity index (χ4v) is 8.47. The molecule has 0 aromatic heterocycles. The van der Waals surface area contributed by atoms with Crippen LogP contribution in [0.25, 0.3) is 0 Å². The van der Waals surface area contributed by atoms with E-state index in [0.29, 0.717) is 24.2 Å². The Labute approximate surface area is 258 Å². The van der Waals surface area contributed by atoms with E-state index in [1.807, 2.05) is 0 Å². The second-order valence-corrected chi connectivity index (χ2v) is 13.5. The van der Waals surface area contributed by atoms with Crippen LogP contribution in [0.4, 0.5) is 0 Å². The topological polar surface area (TPSA) is 74.6 Å². The zero-order chi connectivity index (χ0) is 30.1. The van der Waals surface area contributed by atoms with Crippen LogP contribution in [0.15, 0.2) is 72.8 Å². The molecule has 1 saturated carbocycles. The molecule has 0 amide bonds. The highest BCUT2D eigenvalue weighted by Crippen LogP contribution is 2.48. The molecule has 230 valence electrons. The first-order chi connectivity index (χ1) is 21.0. The van der Waals surface area contributed by atoms with Gasteiger partial charge in [0.25, 0.3) is 0 Å². The quantitative estimate of drug-likeness (QED) is 0.166. The van der Waals surface area contributed by atoms with Crippen molar-refractivity contribution >= 4 is 12.3 Å². The van der Waals surface area contributed by atoms with Gasteiger partial charge < -0.3 is 15.0 Å². The van der Waals surface area contributed by atoms with Gasteiger partial charge in [0.1, 0.15) is 12.0 Å². The number of allylic oxidation sites excluding steroid dienone is 4. The first kappa shape index (κ1) is 31.3. The zero-order valence-electron chi connectivity index (χ0n) is 25.7. The summed E-state index contributed by atoms with van der Waals surface area (Å²) in [6.07, 6.45) is 25.2. The summed E-state index contributed by atoms with van der Waals surface area (Å²) < 4.78 is 0. The third-order valence-electron chi connectivity index (χ3n) is 10.9. The Hall–Kier alpha value is -3.14. The molecular formula is C39H50O4. The Balaban J connectivity index is 1.38. The van der Waals surface area contributed by atoms with Crippen molar-refractivity contribution in [1.29, 1.82) is 0 Å². The number of phenolic OH excluding ortho intramolecular Hbond substituents is 1. The van der Waals surface area contributed by atoms with Crippen molar-refractivity contribution in [3.8, 4) is 5.75 Å². The van der Waals surface area contributed by atoms with E-state index >= 15 is 0 Å². The molecule has 3 aliphatic carbocycles. The largest absolute Gasteiger partial charge is 0.508 e. The van der Waals surface area contributed by atoms with Gasteiger partial charge in [0.15, 0.2) is 0 Å². The summed E-state index contributed by atoms with van der Waals surface area (Å²) in [6.45, 7) is 0. The Kier molecular flexibility index (Phi) is 10.9. The summed E-state index contributed by atoms with van der Waals surface area (Å²) in [5.41, 5.74) is 3.42. The highest BCUT2D eigenvalue weighted by molar-refractivity contribution is 5.73. The van der Waals surface area contributed by atoms with Crippen LogP contribution >= 0.6 is 0 Å². The van der Waals surface area contributed by atoms with Gasteiger partial charge in [0, 0.05) is 11.3 Å². The number of phenols is 1. The van der Waals surface area contributed by atoms with Crippen LogP contribution in [0.2, 0.25) is 0 Å². The number of carboxylic acids is 1. The Morgan fingerprint density at radius 2 is 1.74 bits per heavy atom. The molecule has 4 heteroatoms. The molecular weight excluding hydrogens is 532 g/mol. The lowest BCUT2D eigenvalue weighted by Crippen LogP contribution is -2.41. The molecule has 0 radical (unpaired) electrons. The molecule has 2 bridgehead atoms. The molecule has 0 aliphatic heterocycles. The van der Waals surface area contributed by atoms with Gasteiger partial charge in [-0.25, -0.2) is 0 Å². The number of carbonyl (C=O) groups excluding carboxylic acids is 1. The molecule has 1 spiro atoms. The smallest absolute Gasteiger partial charge is 0.307 e. The van der Waals surface area contributed by atoms with Crippen LogP contribution in [0.5, 0.6) is 5.75 Å². The summed E-state index contributed by atoms with van der Waals surface area (Å²) in [4.78, 5) is 24.5. The monoisotopic (exact) mass is 582 g/mol. The van der Waals surface area contributed by atoms with Gasteiger partial charge in [-0.15, -0.1) is 0 Å². The molecule has 3 aliphatic rings. The number of rotatable bonds is 10. The summed E-state index contributed by atoms with van der Waals surface area (Å²) in [5, 5.41) is 20.5. The Morgan fingerprint density at radius 1 is 0.953 bits per heavy atom. The van der Waals surface area contributed by atoms with Crippen molar-refractivity contribution in [3.63, 3.8) is 0 Å². The van der Waals surface area contributed by atoms with Gasteiger partial charge in [-0.1, -0.05) is 99.2 Å². The lowest BCUT2D eigenvalue weighted by molar-refractivity contribution is -0.145. The molecule has 5 rings (SSSR count). The van der Waals surface area contributed by atoms with E-state index in [2.05, 4.69) is 60.7 Å². The van der Waals surface area contributed by atoms with Crippen molar-refractivity contribution in [1.82, 2.24) is 0 Å². The van der Waals surface area contributed by atoms with E-state index in [1.54, 1.807) is 12.1 Å². The van der Waals surface area contributed by atoms with Crippen LogP contribution in [-0.4, -0.2) is 22.5 Å². The van der Waals surface area contributed by atoms with E-state index in [9.17, 15) is 19.8 Å². The molecule has 1 fully saturated rings. The standard InChI is InChI=1S/C39H50O4/c40-28-33(30-13-5-6-14-30)17-4-1-3-15-31-16-7-8-19-37(38(42)43)39(24-9-2-10-25-39)34-18-11-12-29(26-34)27-36(31)32-20-22-35(41)23-21-32/h5,7-8,11-13,18,20-23,26,28,30-31,33,36-37,41H,1-4,6,9-10,14-17,19,24-25,27H2,(H,42,43)/b8-7+/t30-,31+,33-,36+,37-/m1/s1. The third kappa shape index (κ3) is 7.69. The number of carboxylic acid groups (broad SMARTS) is 1. The summed E-state index contributed by atoms with van der Waals surface area (Å²) in [5.74, 6) is 0.468. The maximum Gasteiger partial charge on any atom is 0.307 e. The van der Waals surface area contributed by atoms with Gasteiger partial charge in [-0.05, 0) is 104 Å². The summed E-state index contributed by atoms with van der Waals surface area (Å²) in [7, 11) is 0. The molecule has 0 heterocycles. The second-order valence-electron chi connectivity index (χ2n) is 13.5. The predicted molar refractivity (Wildman–Crippen MR) is 173 cm³/mol. The molecule has 4 nitrogen and oxygen atoms in total. The highest BCUT2D eigenvalue weighted by atomic mass is 16.4. The average Bonchev–Trinajstić information content (AvgIpc) is 3.56. The first-order valence-corrected chi connectivity index (χ1v) is 16.9. The minimum Gasteiger partial charge on any atom is -0.508 e. The highest BCUT2D eigenvalue weighted by Gasteiger charge is 2.44. The Bertz CT molecular complexity index is 1250. The minimum absolute atomic E-state index is 0.148. The van der Waals surface area contributed by atoms with Gasteiger partial charge in [0.05, 0.1) is 5.92 Å². The number of benzene rings is 2. The second kappa shape index (κ2) is 15.0. The third-order valence-corrected chi connectivity index (χ3v) is 10.9. The van der Waals surface area contributed by atoms with Crippen LogP contribution in [0.1, 0.15) is 112 Å². The molecule has 2 aromatic rings. The van der Waals surface area contributed by atoms with Crippen molar-refractivity contribution in [2.24, 2.45) is 23.7 Å².